The Bertz CT molecular complexity index is 1240. The first kappa shape index (κ1) is 23.8. The summed E-state index contributed by atoms with van der Waals surface area (Å²) in [4.78, 5) is 21.0. The van der Waals surface area contributed by atoms with Crippen LogP contribution in [0.1, 0.15) is 56.0 Å². The molecule has 1 amide bonds. The molecule has 2 atom stereocenters. The molecular weight excluding hydrogens is 458 g/mol. The number of nitriles is 1. The van der Waals surface area contributed by atoms with Crippen LogP contribution in [0.2, 0.25) is 0 Å². The fraction of sp³-hybridized carbons (Fsp3) is 0.423. The summed E-state index contributed by atoms with van der Waals surface area (Å²) in [6.07, 6.45) is 9.94. The summed E-state index contributed by atoms with van der Waals surface area (Å²) < 4.78 is 7.40. The predicted molar refractivity (Wildman–Crippen MR) is 133 cm³/mol. The molecule has 2 N–H and O–H groups in total. The minimum absolute atomic E-state index is 0.0456. The van der Waals surface area contributed by atoms with Crippen molar-refractivity contribution in [2.24, 2.45) is 5.92 Å². The Morgan fingerprint density at radius 1 is 1.28 bits per heavy atom. The predicted octanol–water partition coefficient (Wildman–Crippen LogP) is 5.00. The summed E-state index contributed by atoms with van der Waals surface area (Å²) in [6.45, 7) is 1.22. The summed E-state index contributed by atoms with van der Waals surface area (Å²) in [5.41, 5.74) is 5.69. The Morgan fingerprint density at radius 2 is 2.11 bits per heavy atom. The number of para-hydroxylation sites is 1. The summed E-state index contributed by atoms with van der Waals surface area (Å²) in [7, 11) is 0. The van der Waals surface area contributed by atoms with E-state index in [4.69, 9.17) is 4.74 Å². The molecule has 2 fully saturated rings. The molecule has 2 aliphatic rings. The Balaban J connectivity index is 1.39. The fourth-order valence-electron chi connectivity index (χ4n) is 5.26. The van der Waals surface area contributed by atoms with Crippen LogP contribution in [0.25, 0.3) is 11.3 Å². The second kappa shape index (κ2) is 10.7. The molecule has 10 nitrogen and oxygen atoms in total. The van der Waals surface area contributed by atoms with Crippen molar-refractivity contribution in [2.75, 3.05) is 23.6 Å². The minimum atomic E-state index is -1.17. The van der Waals surface area contributed by atoms with Gasteiger partial charge in [-0.15, -0.1) is 0 Å². The van der Waals surface area contributed by atoms with Crippen molar-refractivity contribution in [2.45, 2.75) is 50.5 Å². The number of nitrogens with zero attached hydrogens (tertiary/aromatic N) is 6. The highest BCUT2D eigenvalue weighted by molar-refractivity contribution is 5.89. The van der Waals surface area contributed by atoms with Crippen molar-refractivity contribution in [1.82, 2.24) is 19.7 Å². The lowest BCUT2D eigenvalue weighted by atomic mass is 9.96. The maximum absolute atomic E-state index is 12.2. The van der Waals surface area contributed by atoms with Crippen LogP contribution in [0.3, 0.4) is 0 Å². The van der Waals surface area contributed by atoms with Crippen LogP contribution in [-0.2, 0) is 4.74 Å². The Morgan fingerprint density at radius 3 is 2.86 bits per heavy atom. The zero-order chi connectivity index (χ0) is 24.9. The number of benzene rings is 1. The molecule has 1 saturated heterocycles. The number of ether oxygens (including phenoxy) is 1. The number of nitrogens with one attached hydrogen (secondary N) is 1. The molecule has 2 aromatic heterocycles. The van der Waals surface area contributed by atoms with Gasteiger partial charge in [-0.2, -0.15) is 15.4 Å². The summed E-state index contributed by atoms with van der Waals surface area (Å²) in [6, 6.07) is 11.5. The van der Waals surface area contributed by atoms with Gasteiger partial charge in [0, 0.05) is 30.5 Å². The lowest BCUT2D eigenvalue weighted by Gasteiger charge is -2.24. The maximum atomic E-state index is 12.2. The van der Waals surface area contributed by atoms with Crippen LogP contribution >= 0.6 is 0 Å². The highest BCUT2D eigenvalue weighted by Crippen LogP contribution is 2.36. The largest absolute Gasteiger partial charge is 0.463 e. The van der Waals surface area contributed by atoms with Crippen molar-refractivity contribution in [1.29, 1.82) is 5.26 Å². The van der Waals surface area contributed by atoms with E-state index in [9.17, 15) is 15.2 Å². The Hall–Kier alpha value is -3.97. The number of hydrogen-bond donors (Lipinski definition) is 2. The Kier molecular flexibility index (Phi) is 7.09. The van der Waals surface area contributed by atoms with Crippen LogP contribution in [0, 0.1) is 17.2 Å². The zero-order valence-corrected chi connectivity index (χ0v) is 20.0. The van der Waals surface area contributed by atoms with Gasteiger partial charge in [0.2, 0.25) is 5.95 Å². The van der Waals surface area contributed by atoms with Crippen LogP contribution < -0.4 is 10.4 Å². The first-order valence-corrected chi connectivity index (χ1v) is 12.3. The number of anilines is 2. The van der Waals surface area contributed by atoms with E-state index in [0.29, 0.717) is 36.9 Å². The smallest absolute Gasteiger partial charge is 0.431 e. The van der Waals surface area contributed by atoms with Gasteiger partial charge in [-0.05, 0) is 42.9 Å². The summed E-state index contributed by atoms with van der Waals surface area (Å²) in [5, 5.41) is 24.9. The van der Waals surface area contributed by atoms with E-state index in [1.165, 1.54) is 12.8 Å². The topological polar surface area (TPSA) is 129 Å². The molecule has 3 aromatic rings. The van der Waals surface area contributed by atoms with Gasteiger partial charge < -0.3 is 9.84 Å². The SMILES string of the molecule is N#CCC(C1CCCC1)n1cc(-c2ccnc(NN(C(=O)O)c3ccccc3C3CCOC3)n2)cn1. The third-order valence-corrected chi connectivity index (χ3v) is 7.09. The molecule has 0 bridgehead atoms. The van der Waals surface area contributed by atoms with Crippen LogP contribution in [0.15, 0.2) is 48.9 Å². The molecule has 36 heavy (non-hydrogen) atoms. The van der Waals surface area contributed by atoms with Gasteiger partial charge in [-0.25, -0.2) is 14.8 Å². The van der Waals surface area contributed by atoms with E-state index in [-0.39, 0.29) is 17.9 Å². The fourth-order valence-corrected chi connectivity index (χ4v) is 5.26. The molecule has 0 radical (unpaired) electrons. The first-order valence-electron chi connectivity index (χ1n) is 12.3. The van der Waals surface area contributed by atoms with Crippen molar-refractivity contribution >= 4 is 17.7 Å². The van der Waals surface area contributed by atoms with E-state index in [2.05, 4.69) is 26.6 Å². The van der Waals surface area contributed by atoms with Crippen LogP contribution in [0.5, 0.6) is 0 Å². The van der Waals surface area contributed by atoms with Crippen molar-refractivity contribution < 1.29 is 14.6 Å². The van der Waals surface area contributed by atoms with Crippen LogP contribution in [-0.4, -0.2) is 44.2 Å². The van der Waals surface area contributed by atoms with Crippen molar-refractivity contribution in [3.8, 4) is 17.3 Å². The molecule has 1 aliphatic heterocycles. The molecule has 10 heteroatoms. The van der Waals surface area contributed by atoms with Gasteiger partial charge in [0.05, 0.1) is 42.7 Å². The second-order valence-corrected chi connectivity index (χ2v) is 9.30. The van der Waals surface area contributed by atoms with E-state index < -0.39 is 6.09 Å². The van der Waals surface area contributed by atoms with E-state index in [1.54, 1.807) is 30.6 Å². The molecule has 2 unspecified atom stereocenters. The summed E-state index contributed by atoms with van der Waals surface area (Å²) in [5.74, 6) is 0.739. The van der Waals surface area contributed by atoms with Gasteiger partial charge in [0.25, 0.3) is 0 Å². The molecule has 0 spiro atoms. The van der Waals surface area contributed by atoms with Crippen molar-refractivity contribution in [3.63, 3.8) is 0 Å². The second-order valence-electron chi connectivity index (χ2n) is 9.30. The monoisotopic (exact) mass is 487 g/mol. The molecule has 5 rings (SSSR count). The number of hydrazine groups is 1. The van der Waals surface area contributed by atoms with Crippen molar-refractivity contribution in [3.05, 3.63) is 54.5 Å². The average Bonchev–Trinajstić information content (AvgIpc) is 3.69. The summed E-state index contributed by atoms with van der Waals surface area (Å²) >= 11 is 0. The van der Waals surface area contributed by atoms with E-state index >= 15 is 0 Å². The number of amides is 1. The van der Waals surface area contributed by atoms with E-state index in [0.717, 1.165) is 35.4 Å². The van der Waals surface area contributed by atoms with Gasteiger partial charge >= 0.3 is 6.09 Å². The lowest BCUT2D eigenvalue weighted by Crippen LogP contribution is -2.36. The first-order chi connectivity index (χ1) is 17.6. The quantitative estimate of drug-likeness (QED) is 0.425. The number of carbonyl (C=O) groups is 1. The maximum Gasteiger partial charge on any atom is 0.431 e. The van der Waals surface area contributed by atoms with E-state index in [1.807, 2.05) is 23.0 Å². The molecule has 1 aliphatic carbocycles. The minimum Gasteiger partial charge on any atom is -0.463 e. The average molecular weight is 488 g/mol. The lowest BCUT2D eigenvalue weighted by molar-refractivity contribution is 0.193. The van der Waals surface area contributed by atoms with Gasteiger partial charge in [-0.3, -0.25) is 10.1 Å². The number of aromatic nitrogens is 4. The third kappa shape index (κ3) is 5.02. The van der Waals surface area contributed by atoms with Gasteiger partial charge in [-0.1, -0.05) is 31.0 Å². The molecule has 1 saturated carbocycles. The highest BCUT2D eigenvalue weighted by Gasteiger charge is 2.28. The molecule has 3 heterocycles. The van der Waals surface area contributed by atoms with Gasteiger partial charge in [0.1, 0.15) is 0 Å². The third-order valence-electron chi connectivity index (χ3n) is 7.09. The Labute approximate surface area is 209 Å². The standard InChI is InChI=1S/C26H29N7O3/c27-12-9-23(18-5-1-2-6-18)32-16-20(15-29-32)22-10-13-28-25(30-22)31-33(26(34)35)24-8-4-3-7-21(24)19-11-14-36-17-19/h3-4,7-8,10,13,15-16,18-19,23H,1-2,5-6,9,11,14,17H2,(H,34,35)(H,28,30,31). The molecule has 186 valence electrons. The van der Waals surface area contributed by atoms with Gasteiger partial charge in [0.15, 0.2) is 0 Å². The zero-order valence-electron chi connectivity index (χ0n) is 20.0. The molecule has 1 aromatic carbocycles. The van der Waals surface area contributed by atoms with Crippen LogP contribution in [0.4, 0.5) is 16.4 Å². The number of carboxylic acid groups (broad SMARTS) is 1. The normalized spacial score (nSPS) is 18.6. The number of rotatable bonds is 8. The highest BCUT2D eigenvalue weighted by atomic mass is 16.5. The number of hydrogen-bond acceptors (Lipinski definition) is 7. The molecular formula is C26H29N7O3.